The predicted octanol–water partition coefficient (Wildman–Crippen LogP) is 7.03. The summed E-state index contributed by atoms with van der Waals surface area (Å²) in [4.78, 5) is 7.48. The molecule has 194 valence electrons. The Morgan fingerprint density at radius 3 is 1.61 bits per heavy atom. The zero-order valence-electron chi connectivity index (χ0n) is 19.8. The Labute approximate surface area is 200 Å². The summed E-state index contributed by atoms with van der Waals surface area (Å²) in [5.41, 5.74) is 0.497. The fraction of sp³-hybridized carbons (Fsp3) is 1.00. The van der Waals surface area contributed by atoms with Crippen LogP contribution in [-0.2, 0) is 4.74 Å². The van der Waals surface area contributed by atoms with Crippen LogP contribution in [-0.4, -0.2) is 85.3 Å². The molecular formula is C27H65N3O. The van der Waals surface area contributed by atoms with Crippen LogP contribution >= 0.6 is 0 Å². The Balaban J connectivity index is -0.000000218. The number of hydrogen-bond acceptors (Lipinski definition) is 4. The Bertz CT molecular complexity index is 369. The third-order valence-corrected chi connectivity index (χ3v) is 6.55. The molecule has 0 unspecified atom stereocenters. The molecule has 0 atom stereocenters. The summed E-state index contributed by atoms with van der Waals surface area (Å²) in [7, 11) is 4.44. The Hall–Kier alpha value is -0.160. The van der Waals surface area contributed by atoms with Gasteiger partial charge in [-0.05, 0) is 74.0 Å². The lowest BCUT2D eigenvalue weighted by atomic mass is 9.79. The van der Waals surface area contributed by atoms with Gasteiger partial charge in [0.2, 0.25) is 0 Å². The Morgan fingerprint density at radius 1 is 0.742 bits per heavy atom. The third kappa shape index (κ3) is 13.9. The fourth-order valence-corrected chi connectivity index (χ4v) is 4.25. The maximum Gasteiger partial charge on any atom is 0.0610 e. The van der Waals surface area contributed by atoms with E-state index in [4.69, 9.17) is 4.74 Å². The first-order chi connectivity index (χ1) is 12.6. The van der Waals surface area contributed by atoms with Gasteiger partial charge in [0.15, 0.2) is 0 Å². The van der Waals surface area contributed by atoms with E-state index in [1.165, 1.54) is 58.4 Å². The molecule has 2 rings (SSSR count). The van der Waals surface area contributed by atoms with Gasteiger partial charge in [0.05, 0.1) is 6.10 Å². The van der Waals surface area contributed by atoms with Crippen LogP contribution in [0.1, 0.15) is 110 Å². The zero-order valence-corrected chi connectivity index (χ0v) is 19.8. The number of unbranched alkanes of at least 4 members (excludes halogenated alkanes) is 2. The van der Waals surface area contributed by atoms with Crippen LogP contribution in [0, 0.1) is 0 Å². The number of ether oxygens (including phenoxy) is 1. The van der Waals surface area contributed by atoms with Crippen molar-refractivity contribution in [2.24, 2.45) is 0 Å². The van der Waals surface area contributed by atoms with E-state index in [2.05, 4.69) is 70.3 Å². The normalized spacial score (nSPS) is 21.3. The second-order valence-corrected chi connectivity index (χ2v) is 9.94. The van der Waals surface area contributed by atoms with Gasteiger partial charge in [-0.1, -0.05) is 56.4 Å². The number of piperidine rings is 1. The minimum absolute atomic E-state index is 0. The number of likely N-dealkylation sites (tertiary alicyclic amines) is 1. The average Bonchev–Trinajstić information content (AvgIpc) is 2.59. The Morgan fingerprint density at radius 2 is 1.19 bits per heavy atom. The average molecular weight is 448 g/mol. The van der Waals surface area contributed by atoms with Gasteiger partial charge in [0, 0.05) is 43.9 Å². The first-order valence-electron chi connectivity index (χ1n) is 11.4. The highest BCUT2D eigenvalue weighted by molar-refractivity contribution is 4.98. The zero-order chi connectivity index (χ0) is 20.5. The van der Waals surface area contributed by atoms with Crippen LogP contribution in [0.2, 0.25) is 0 Å². The van der Waals surface area contributed by atoms with E-state index in [0.717, 1.165) is 19.4 Å². The van der Waals surface area contributed by atoms with Gasteiger partial charge in [0.25, 0.3) is 0 Å². The molecular weight excluding hydrogens is 382 g/mol. The molecule has 0 aromatic carbocycles. The molecule has 0 saturated carbocycles. The molecule has 2 aliphatic rings. The topological polar surface area (TPSA) is 19.0 Å². The van der Waals surface area contributed by atoms with E-state index in [0.29, 0.717) is 6.10 Å². The van der Waals surface area contributed by atoms with Gasteiger partial charge in [-0.3, -0.25) is 4.90 Å². The third-order valence-electron chi connectivity index (χ3n) is 6.55. The van der Waals surface area contributed by atoms with Crippen LogP contribution in [0.5, 0.6) is 0 Å². The first-order valence-corrected chi connectivity index (χ1v) is 11.4. The standard InChI is InChI=1S/C14H29NO.C9H20N2.4CH4/c1-7-8-9-16-12-10-13(2,3)15(6)14(4,5)11-12;1-3-4-5-11-8-6-10(2)7-9-11;;;;/h12H,7-11H2,1-6H3;3-9H2,1-2H3;4*1H4. The fourth-order valence-electron chi connectivity index (χ4n) is 4.25. The van der Waals surface area contributed by atoms with Crippen molar-refractivity contribution in [2.45, 2.75) is 127 Å². The number of hydrogen-bond donors (Lipinski definition) is 0. The van der Waals surface area contributed by atoms with Crippen LogP contribution in [0.4, 0.5) is 0 Å². The number of likely N-dealkylation sites (N-methyl/N-ethyl adjacent to an activating group) is 1. The van der Waals surface area contributed by atoms with Crippen molar-refractivity contribution in [2.75, 3.05) is 53.4 Å². The summed E-state index contributed by atoms with van der Waals surface area (Å²) in [5, 5.41) is 0. The SMILES string of the molecule is C.C.C.C.CCCCN1CCN(C)CC1.CCCCOC1CC(C)(C)N(C)C(C)(C)C1. The number of nitrogens with zero attached hydrogens (tertiary/aromatic N) is 3. The van der Waals surface area contributed by atoms with E-state index in [-0.39, 0.29) is 40.8 Å². The van der Waals surface area contributed by atoms with Crippen LogP contribution in [0.25, 0.3) is 0 Å². The molecule has 2 aliphatic heterocycles. The van der Waals surface area contributed by atoms with E-state index in [1.807, 2.05) is 0 Å². The maximum absolute atomic E-state index is 6.02. The first kappa shape index (κ1) is 38.1. The molecule has 31 heavy (non-hydrogen) atoms. The minimum atomic E-state index is 0. The smallest absolute Gasteiger partial charge is 0.0610 e. The summed E-state index contributed by atoms with van der Waals surface area (Å²) in [6.07, 6.45) is 7.84. The highest BCUT2D eigenvalue weighted by Gasteiger charge is 2.43. The molecule has 0 aromatic rings. The quantitative estimate of drug-likeness (QED) is 0.390. The summed E-state index contributed by atoms with van der Waals surface area (Å²) in [6.45, 7) is 21.1. The lowest BCUT2D eigenvalue weighted by Crippen LogP contribution is -2.60. The maximum atomic E-state index is 6.02. The second-order valence-electron chi connectivity index (χ2n) is 9.94. The van der Waals surface area contributed by atoms with Crippen molar-refractivity contribution in [3.05, 3.63) is 0 Å². The highest BCUT2D eigenvalue weighted by atomic mass is 16.5. The van der Waals surface area contributed by atoms with Gasteiger partial charge < -0.3 is 14.5 Å². The summed E-state index contributed by atoms with van der Waals surface area (Å²) >= 11 is 0. The van der Waals surface area contributed by atoms with Gasteiger partial charge in [-0.2, -0.15) is 0 Å². The molecule has 2 heterocycles. The van der Waals surface area contributed by atoms with Gasteiger partial charge in [-0.15, -0.1) is 0 Å². The highest BCUT2D eigenvalue weighted by Crippen LogP contribution is 2.38. The van der Waals surface area contributed by atoms with Crippen molar-refractivity contribution in [1.29, 1.82) is 0 Å². The molecule has 2 fully saturated rings. The predicted molar refractivity (Wildman–Crippen MR) is 146 cm³/mol. The molecule has 0 aliphatic carbocycles. The summed E-state index contributed by atoms with van der Waals surface area (Å²) in [6, 6.07) is 0. The van der Waals surface area contributed by atoms with Gasteiger partial charge >= 0.3 is 0 Å². The number of rotatable bonds is 7. The van der Waals surface area contributed by atoms with Crippen LogP contribution < -0.4 is 0 Å². The molecule has 4 nitrogen and oxygen atoms in total. The summed E-state index contributed by atoms with van der Waals surface area (Å²) in [5.74, 6) is 0. The van der Waals surface area contributed by atoms with Crippen molar-refractivity contribution in [3.63, 3.8) is 0 Å². The molecule has 0 spiro atoms. The Kier molecular flexibility index (Phi) is 22.5. The van der Waals surface area contributed by atoms with Crippen molar-refractivity contribution < 1.29 is 4.74 Å². The summed E-state index contributed by atoms with van der Waals surface area (Å²) < 4.78 is 6.02. The van der Waals surface area contributed by atoms with E-state index < -0.39 is 0 Å². The number of piperazine rings is 1. The lowest BCUT2D eigenvalue weighted by Gasteiger charge is -2.53. The van der Waals surface area contributed by atoms with Gasteiger partial charge in [0.1, 0.15) is 0 Å². The lowest BCUT2D eigenvalue weighted by molar-refractivity contribution is -0.0916. The van der Waals surface area contributed by atoms with Crippen molar-refractivity contribution >= 4 is 0 Å². The molecule has 0 amide bonds. The van der Waals surface area contributed by atoms with E-state index >= 15 is 0 Å². The monoisotopic (exact) mass is 448 g/mol. The van der Waals surface area contributed by atoms with Crippen molar-refractivity contribution in [1.82, 2.24) is 14.7 Å². The molecule has 0 bridgehead atoms. The van der Waals surface area contributed by atoms with Crippen LogP contribution in [0.3, 0.4) is 0 Å². The van der Waals surface area contributed by atoms with E-state index in [1.54, 1.807) is 0 Å². The van der Waals surface area contributed by atoms with Gasteiger partial charge in [-0.25, -0.2) is 0 Å². The second kappa shape index (κ2) is 18.3. The van der Waals surface area contributed by atoms with Crippen molar-refractivity contribution in [3.8, 4) is 0 Å². The molecule has 0 aromatic heterocycles. The molecule has 4 heteroatoms. The molecule has 2 saturated heterocycles. The largest absolute Gasteiger partial charge is 0.378 e. The minimum Gasteiger partial charge on any atom is -0.378 e. The van der Waals surface area contributed by atoms with E-state index in [9.17, 15) is 0 Å². The van der Waals surface area contributed by atoms with Crippen LogP contribution in [0.15, 0.2) is 0 Å². The molecule has 0 N–H and O–H groups in total. The molecule has 0 radical (unpaired) electrons.